The maximum Gasteiger partial charge on any atom is 0.270 e. The highest BCUT2D eigenvalue weighted by Crippen LogP contribution is 2.34. The van der Waals surface area contributed by atoms with Gasteiger partial charge in [0, 0.05) is 42.2 Å². The topological polar surface area (TPSA) is 45.3 Å². The molecule has 124 valence electrons. The smallest absolute Gasteiger partial charge is 0.270 e. The molecule has 24 heavy (non-hydrogen) atoms. The molecule has 0 aliphatic rings. The summed E-state index contributed by atoms with van der Waals surface area (Å²) in [6.45, 7) is 1.02. The van der Waals surface area contributed by atoms with E-state index in [-0.39, 0.29) is 5.91 Å². The number of benzene rings is 2. The minimum atomic E-state index is -0.0711. The molecule has 0 unspecified atom stereocenters. The molecule has 0 bridgehead atoms. The Bertz CT molecular complexity index is 858. The monoisotopic (exact) mass is 342 g/mol. The van der Waals surface area contributed by atoms with Crippen molar-refractivity contribution in [2.24, 2.45) is 0 Å². The third-order valence-electron chi connectivity index (χ3n) is 4.01. The van der Waals surface area contributed by atoms with Crippen LogP contribution in [-0.2, 0) is 4.74 Å². The second-order valence-corrected chi connectivity index (χ2v) is 6.09. The molecule has 0 radical (unpaired) electrons. The van der Waals surface area contributed by atoms with E-state index < -0.39 is 0 Å². The van der Waals surface area contributed by atoms with Crippen molar-refractivity contribution in [1.82, 2.24) is 9.88 Å². The Labute approximate surface area is 146 Å². The summed E-state index contributed by atoms with van der Waals surface area (Å²) in [6.07, 6.45) is 0. The molecule has 0 atom stereocenters. The number of aromatic amines is 1. The Morgan fingerprint density at radius 3 is 2.67 bits per heavy atom. The van der Waals surface area contributed by atoms with Crippen molar-refractivity contribution in [2.75, 3.05) is 27.3 Å². The first-order chi connectivity index (χ1) is 11.6. The van der Waals surface area contributed by atoms with Gasteiger partial charge >= 0.3 is 0 Å². The van der Waals surface area contributed by atoms with E-state index in [9.17, 15) is 4.79 Å². The third kappa shape index (κ3) is 3.16. The molecule has 1 N–H and O–H groups in total. The molecule has 3 rings (SSSR count). The van der Waals surface area contributed by atoms with E-state index in [1.54, 1.807) is 19.1 Å². The predicted octanol–water partition coefficient (Wildman–Crippen LogP) is 4.21. The van der Waals surface area contributed by atoms with Crippen molar-refractivity contribution in [3.8, 4) is 11.1 Å². The van der Waals surface area contributed by atoms with E-state index in [1.165, 1.54) is 0 Å². The van der Waals surface area contributed by atoms with Crippen LogP contribution in [0.3, 0.4) is 0 Å². The number of likely N-dealkylation sites (N-methyl/N-ethyl adjacent to an activating group) is 1. The SMILES string of the molecule is COCCN(C)C(=O)c1[nH]c2ccc(Cl)cc2c1-c1ccccc1. The molecule has 2 aromatic carbocycles. The zero-order valence-electron chi connectivity index (χ0n) is 13.7. The van der Waals surface area contributed by atoms with Crippen LogP contribution in [0, 0.1) is 0 Å². The van der Waals surface area contributed by atoms with Crippen LogP contribution < -0.4 is 0 Å². The van der Waals surface area contributed by atoms with E-state index in [4.69, 9.17) is 16.3 Å². The number of carbonyl (C=O) groups excluding carboxylic acids is 1. The first-order valence-electron chi connectivity index (χ1n) is 7.73. The summed E-state index contributed by atoms with van der Waals surface area (Å²) in [4.78, 5) is 17.8. The lowest BCUT2D eigenvalue weighted by Gasteiger charge is -2.17. The molecule has 1 amide bonds. The largest absolute Gasteiger partial charge is 0.383 e. The fourth-order valence-electron chi connectivity index (χ4n) is 2.75. The van der Waals surface area contributed by atoms with Crippen molar-refractivity contribution >= 4 is 28.4 Å². The molecule has 1 heterocycles. The molecule has 1 aromatic heterocycles. The van der Waals surface area contributed by atoms with Crippen molar-refractivity contribution in [3.63, 3.8) is 0 Å². The first kappa shape index (κ1) is 16.6. The average Bonchev–Trinajstić information content (AvgIpc) is 2.98. The zero-order chi connectivity index (χ0) is 17.1. The molecule has 4 nitrogen and oxygen atoms in total. The normalized spacial score (nSPS) is 11.0. The van der Waals surface area contributed by atoms with Crippen LogP contribution in [-0.4, -0.2) is 43.1 Å². The molecule has 0 saturated carbocycles. The van der Waals surface area contributed by atoms with Gasteiger partial charge in [0.05, 0.1) is 6.61 Å². The third-order valence-corrected chi connectivity index (χ3v) is 4.25. The summed E-state index contributed by atoms with van der Waals surface area (Å²) in [6, 6.07) is 15.5. The molecule has 5 heteroatoms. The predicted molar refractivity (Wildman–Crippen MR) is 97.6 cm³/mol. The zero-order valence-corrected chi connectivity index (χ0v) is 14.4. The van der Waals surface area contributed by atoms with Crippen LogP contribution in [0.1, 0.15) is 10.5 Å². The highest BCUT2D eigenvalue weighted by Gasteiger charge is 2.21. The fourth-order valence-corrected chi connectivity index (χ4v) is 2.92. The maximum atomic E-state index is 12.9. The van der Waals surface area contributed by atoms with Gasteiger partial charge in [0.1, 0.15) is 5.69 Å². The Morgan fingerprint density at radius 1 is 1.21 bits per heavy atom. The minimum Gasteiger partial charge on any atom is -0.383 e. The Balaban J connectivity index is 2.15. The van der Waals surface area contributed by atoms with Gasteiger partial charge in [0.25, 0.3) is 5.91 Å². The summed E-state index contributed by atoms with van der Waals surface area (Å²) in [5.41, 5.74) is 3.32. The number of aromatic nitrogens is 1. The lowest BCUT2D eigenvalue weighted by Crippen LogP contribution is -2.30. The summed E-state index contributed by atoms with van der Waals surface area (Å²) >= 11 is 6.17. The van der Waals surface area contributed by atoms with Gasteiger partial charge in [-0.25, -0.2) is 0 Å². The van der Waals surface area contributed by atoms with E-state index in [2.05, 4.69) is 4.98 Å². The molecule has 0 saturated heterocycles. The molecular weight excluding hydrogens is 324 g/mol. The number of halogens is 1. The van der Waals surface area contributed by atoms with Gasteiger partial charge in [-0.15, -0.1) is 0 Å². The van der Waals surface area contributed by atoms with Crippen molar-refractivity contribution in [2.45, 2.75) is 0 Å². The number of hydrogen-bond acceptors (Lipinski definition) is 2. The average molecular weight is 343 g/mol. The number of amides is 1. The number of nitrogens with zero attached hydrogens (tertiary/aromatic N) is 1. The second kappa shape index (κ2) is 7.07. The van der Waals surface area contributed by atoms with Gasteiger partial charge in [-0.2, -0.15) is 0 Å². The first-order valence-corrected chi connectivity index (χ1v) is 8.10. The number of H-pyrrole nitrogens is 1. The summed E-state index contributed by atoms with van der Waals surface area (Å²) in [5, 5.41) is 1.59. The number of hydrogen-bond donors (Lipinski definition) is 1. The van der Waals surface area contributed by atoms with Gasteiger partial charge < -0.3 is 14.6 Å². The van der Waals surface area contributed by atoms with Crippen LogP contribution in [0.4, 0.5) is 0 Å². The van der Waals surface area contributed by atoms with E-state index in [0.29, 0.717) is 23.9 Å². The lowest BCUT2D eigenvalue weighted by atomic mass is 10.0. The number of carbonyl (C=O) groups is 1. The fraction of sp³-hybridized carbons (Fsp3) is 0.211. The van der Waals surface area contributed by atoms with Crippen LogP contribution in [0.5, 0.6) is 0 Å². The molecule has 3 aromatic rings. The second-order valence-electron chi connectivity index (χ2n) is 5.65. The standard InChI is InChI=1S/C19H19ClN2O2/c1-22(10-11-24-2)19(23)18-17(13-6-4-3-5-7-13)15-12-14(20)8-9-16(15)21-18/h3-9,12,21H,10-11H2,1-2H3. The lowest BCUT2D eigenvalue weighted by molar-refractivity contribution is 0.0740. The van der Waals surface area contributed by atoms with Gasteiger partial charge in [-0.05, 0) is 23.8 Å². The summed E-state index contributed by atoms with van der Waals surface area (Å²) in [7, 11) is 3.40. The Kier molecular flexibility index (Phi) is 4.88. The highest BCUT2D eigenvalue weighted by molar-refractivity contribution is 6.31. The number of fused-ring (bicyclic) bond motifs is 1. The number of methoxy groups -OCH3 is 1. The van der Waals surface area contributed by atoms with Crippen LogP contribution in [0.25, 0.3) is 22.0 Å². The summed E-state index contributed by atoms with van der Waals surface area (Å²) < 4.78 is 5.07. The van der Waals surface area contributed by atoms with Crippen LogP contribution in [0.2, 0.25) is 5.02 Å². The van der Waals surface area contributed by atoms with E-state index in [1.807, 2.05) is 48.5 Å². The highest BCUT2D eigenvalue weighted by atomic mass is 35.5. The van der Waals surface area contributed by atoms with Gasteiger partial charge in [-0.1, -0.05) is 41.9 Å². The van der Waals surface area contributed by atoms with E-state index in [0.717, 1.165) is 22.0 Å². The van der Waals surface area contributed by atoms with Crippen molar-refractivity contribution < 1.29 is 9.53 Å². The van der Waals surface area contributed by atoms with Crippen LogP contribution >= 0.6 is 11.6 Å². The maximum absolute atomic E-state index is 12.9. The van der Waals surface area contributed by atoms with Crippen LogP contribution in [0.15, 0.2) is 48.5 Å². The number of nitrogens with one attached hydrogen (secondary N) is 1. The minimum absolute atomic E-state index is 0.0711. The van der Waals surface area contributed by atoms with Gasteiger partial charge in [-0.3, -0.25) is 4.79 Å². The molecule has 0 spiro atoms. The molecule has 0 aliphatic heterocycles. The van der Waals surface area contributed by atoms with Crippen molar-refractivity contribution in [1.29, 1.82) is 0 Å². The molecule has 0 fully saturated rings. The molecule has 0 aliphatic carbocycles. The van der Waals surface area contributed by atoms with Crippen molar-refractivity contribution in [3.05, 3.63) is 59.2 Å². The number of rotatable bonds is 5. The Morgan fingerprint density at radius 2 is 1.96 bits per heavy atom. The molecular formula is C19H19ClN2O2. The van der Waals surface area contributed by atoms with E-state index >= 15 is 0 Å². The number of ether oxygens (including phenoxy) is 1. The van der Waals surface area contributed by atoms with Gasteiger partial charge in [0.2, 0.25) is 0 Å². The van der Waals surface area contributed by atoms with Gasteiger partial charge in [0.15, 0.2) is 0 Å². The quantitative estimate of drug-likeness (QED) is 0.755. The summed E-state index contributed by atoms with van der Waals surface area (Å²) in [5.74, 6) is -0.0711. The Hall–Kier alpha value is -2.30.